The van der Waals surface area contributed by atoms with Gasteiger partial charge in [-0.2, -0.15) is 0 Å². The van der Waals surface area contributed by atoms with Crippen molar-refractivity contribution >= 4 is 5.97 Å². The highest BCUT2D eigenvalue weighted by atomic mass is 16.5. The van der Waals surface area contributed by atoms with Crippen molar-refractivity contribution in [2.45, 2.75) is 52.0 Å². The second-order valence-electron chi connectivity index (χ2n) is 4.50. The number of hydrogen-bond donors (Lipinski definition) is 1. The highest BCUT2D eigenvalue weighted by Gasteiger charge is 2.17. The molecule has 0 radical (unpaired) electrons. The first-order chi connectivity index (χ1) is 7.22. The molecular formula is C12H23NO2. The van der Waals surface area contributed by atoms with Crippen LogP contribution in [0.5, 0.6) is 0 Å². The average molecular weight is 213 g/mol. The van der Waals surface area contributed by atoms with E-state index in [4.69, 9.17) is 4.74 Å². The molecule has 1 fully saturated rings. The predicted molar refractivity (Wildman–Crippen MR) is 60.7 cm³/mol. The van der Waals surface area contributed by atoms with E-state index >= 15 is 0 Å². The van der Waals surface area contributed by atoms with Gasteiger partial charge in [-0.1, -0.05) is 19.8 Å². The van der Waals surface area contributed by atoms with Crippen LogP contribution in [0.1, 0.15) is 46.0 Å². The number of rotatable bonds is 6. The van der Waals surface area contributed by atoms with Crippen LogP contribution >= 0.6 is 0 Å². The minimum absolute atomic E-state index is 0.0599. The van der Waals surface area contributed by atoms with Crippen molar-refractivity contribution in [3.63, 3.8) is 0 Å². The molecule has 1 atom stereocenters. The Balaban J connectivity index is 2.07. The largest absolute Gasteiger partial charge is 0.465 e. The molecule has 1 rings (SSSR count). The van der Waals surface area contributed by atoms with E-state index in [1.807, 2.05) is 13.8 Å². The molecule has 1 saturated carbocycles. The smallest absolute Gasteiger partial charge is 0.307 e. The maximum Gasteiger partial charge on any atom is 0.307 e. The molecule has 0 saturated heterocycles. The lowest BCUT2D eigenvalue weighted by molar-refractivity contribution is -0.145. The van der Waals surface area contributed by atoms with Crippen molar-refractivity contribution in [1.82, 2.24) is 5.32 Å². The first kappa shape index (κ1) is 12.5. The maximum atomic E-state index is 11.4. The first-order valence-electron chi connectivity index (χ1n) is 6.11. The fourth-order valence-electron chi connectivity index (χ4n) is 2.12. The molecule has 0 aromatic carbocycles. The zero-order chi connectivity index (χ0) is 11.1. The normalized spacial score (nSPS) is 19.1. The van der Waals surface area contributed by atoms with Crippen LogP contribution in [0.15, 0.2) is 0 Å². The summed E-state index contributed by atoms with van der Waals surface area (Å²) in [6.07, 6.45) is 5.55. The van der Waals surface area contributed by atoms with E-state index in [1.165, 1.54) is 25.7 Å². The lowest BCUT2D eigenvalue weighted by Gasteiger charge is -2.13. The molecule has 1 N–H and O–H groups in total. The van der Waals surface area contributed by atoms with Gasteiger partial charge in [-0.05, 0) is 32.2 Å². The number of nitrogens with one attached hydrogen (secondary N) is 1. The number of carbonyl (C=O) groups excluding carboxylic acids is 1. The summed E-state index contributed by atoms with van der Waals surface area (Å²) in [7, 11) is 0. The van der Waals surface area contributed by atoms with Gasteiger partial charge in [0.05, 0.1) is 13.0 Å². The highest BCUT2D eigenvalue weighted by Crippen LogP contribution is 2.24. The molecule has 0 aromatic heterocycles. The molecule has 0 aliphatic heterocycles. The third kappa shape index (κ3) is 5.17. The van der Waals surface area contributed by atoms with Crippen LogP contribution < -0.4 is 5.32 Å². The standard InChI is InChI=1S/C12H23NO2/c1-3-13-10(2)8-12(14)15-9-11-6-4-5-7-11/h10-11,13H,3-9H2,1-2H3. The van der Waals surface area contributed by atoms with Crippen LogP contribution in [0.4, 0.5) is 0 Å². The topological polar surface area (TPSA) is 38.3 Å². The van der Waals surface area contributed by atoms with E-state index < -0.39 is 0 Å². The fourth-order valence-corrected chi connectivity index (χ4v) is 2.12. The molecule has 1 unspecified atom stereocenters. The molecule has 0 amide bonds. The number of carbonyl (C=O) groups is 1. The summed E-state index contributed by atoms with van der Waals surface area (Å²) in [5, 5.41) is 3.20. The first-order valence-corrected chi connectivity index (χ1v) is 6.11. The van der Waals surface area contributed by atoms with Crippen molar-refractivity contribution in [3.8, 4) is 0 Å². The monoisotopic (exact) mass is 213 g/mol. The predicted octanol–water partition coefficient (Wildman–Crippen LogP) is 2.11. The molecule has 15 heavy (non-hydrogen) atoms. The van der Waals surface area contributed by atoms with Crippen molar-refractivity contribution in [3.05, 3.63) is 0 Å². The number of ether oxygens (including phenoxy) is 1. The Bertz CT molecular complexity index is 188. The summed E-state index contributed by atoms with van der Waals surface area (Å²) in [5.41, 5.74) is 0. The lowest BCUT2D eigenvalue weighted by atomic mass is 10.1. The molecule has 1 aliphatic rings. The van der Waals surface area contributed by atoms with Gasteiger partial charge in [-0.3, -0.25) is 4.79 Å². The molecule has 0 bridgehead atoms. The van der Waals surface area contributed by atoms with Gasteiger partial charge in [0.15, 0.2) is 0 Å². The van der Waals surface area contributed by atoms with Gasteiger partial charge in [0.25, 0.3) is 0 Å². The molecule has 3 nitrogen and oxygen atoms in total. The third-order valence-electron chi connectivity index (χ3n) is 2.98. The Kier molecular flexibility index (Phi) is 5.69. The molecule has 0 heterocycles. The second-order valence-corrected chi connectivity index (χ2v) is 4.50. The van der Waals surface area contributed by atoms with Crippen molar-refractivity contribution in [1.29, 1.82) is 0 Å². The molecule has 88 valence electrons. The van der Waals surface area contributed by atoms with E-state index in [-0.39, 0.29) is 12.0 Å². The Morgan fingerprint density at radius 1 is 1.47 bits per heavy atom. The van der Waals surface area contributed by atoms with Crippen molar-refractivity contribution in [2.24, 2.45) is 5.92 Å². The number of esters is 1. The lowest BCUT2D eigenvalue weighted by Crippen LogP contribution is -2.29. The van der Waals surface area contributed by atoms with Crippen molar-refractivity contribution in [2.75, 3.05) is 13.2 Å². The Labute approximate surface area is 92.6 Å². The average Bonchev–Trinajstić information content (AvgIpc) is 2.67. The van der Waals surface area contributed by atoms with Crippen LogP contribution in [-0.4, -0.2) is 25.2 Å². The summed E-state index contributed by atoms with van der Waals surface area (Å²) in [4.78, 5) is 11.4. The van der Waals surface area contributed by atoms with Crippen LogP contribution in [-0.2, 0) is 9.53 Å². The highest BCUT2D eigenvalue weighted by molar-refractivity contribution is 5.70. The van der Waals surface area contributed by atoms with Gasteiger partial charge in [0.1, 0.15) is 0 Å². The van der Waals surface area contributed by atoms with Gasteiger partial charge in [-0.25, -0.2) is 0 Å². The zero-order valence-corrected chi connectivity index (χ0v) is 9.92. The molecule has 1 aliphatic carbocycles. The maximum absolute atomic E-state index is 11.4. The molecule has 0 spiro atoms. The van der Waals surface area contributed by atoms with E-state index in [1.54, 1.807) is 0 Å². The van der Waals surface area contributed by atoms with Gasteiger partial charge < -0.3 is 10.1 Å². The van der Waals surface area contributed by atoms with Gasteiger partial charge in [0.2, 0.25) is 0 Å². The summed E-state index contributed by atoms with van der Waals surface area (Å²) >= 11 is 0. The quantitative estimate of drug-likeness (QED) is 0.687. The fraction of sp³-hybridized carbons (Fsp3) is 0.917. The van der Waals surface area contributed by atoms with Gasteiger partial charge in [0, 0.05) is 6.04 Å². The van der Waals surface area contributed by atoms with Gasteiger partial charge >= 0.3 is 5.97 Å². The second kappa shape index (κ2) is 6.83. The van der Waals surface area contributed by atoms with Crippen LogP contribution in [0, 0.1) is 5.92 Å². The van der Waals surface area contributed by atoms with Crippen LogP contribution in [0.25, 0.3) is 0 Å². The summed E-state index contributed by atoms with van der Waals surface area (Å²) < 4.78 is 5.26. The van der Waals surface area contributed by atoms with E-state index in [2.05, 4.69) is 5.32 Å². The van der Waals surface area contributed by atoms with Gasteiger partial charge in [-0.15, -0.1) is 0 Å². The Morgan fingerprint density at radius 2 is 2.13 bits per heavy atom. The van der Waals surface area contributed by atoms with E-state index in [0.717, 1.165) is 6.54 Å². The van der Waals surface area contributed by atoms with Crippen LogP contribution in [0.2, 0.25) is 0 Å². The third-order valence-corrected chi connectivity index (χ3v) is 2.98. The molecular weight excluding hydrogens is 190 g/mol. The molecule has 0 aromatic rings. The minimum Gasteiger partial charge on any atom is -0.465 e. The zero-order valence-electron chi connectivity index (χ0n) is 9.92. The Morgan fingerprint density at radius 3 is 2.73 bits per heavy atom. The Hall–Kier alpha value is -0.570. The molecule has 3 heteroatoms. The van der Waals surface area contributed by atoms with Crippen molar-refractivity contribution < 1.29 is 9.53 Å². The van der Waals surface area contributed by atoms with E-state index in [0.29, 0.717) is 18.9 Å². The SMILES string of the molecule is CCNC(C)CC(=O)OCC1CCCC1. The summed E-state index contributed by atoms with van der Waals surface area (Å²) in [6, 6.07) is 0.228. The number of hydrogen-bond acceptors (Lipinski definition) is 3. The van der Waals surface area contributed by atoms with E-state index in [9.17, 15) is 4.79 Å². The summed E-state index contributed by atoms with van der Waals surface area (Å²) in [6.45, 7) is 5.59. The summed E-state index contributed by atoms with van der Waals surface area (Å²) in [5.74, 6) is 0.568. The minimum atomic E-state index is -0.0599. The van der Waals surface area contributed by atoms with Crippen LogP contribution in [0.3, 0.4) is 0 Å².